The molecule has 0 spiro atoms. The second kappa shape index (κ2) is 11.3. The Morgan fingerprint density at radius 2 is 1.77 bits per heavy atom. The number of aliphatic hydroxyl groups excluding tert-OH is 1. The van der Waals surface area contributed by atoms with Gasteiger partial charge in [0, 0.05) is 12.1 Å². The van der Waals surface area contributed by atoms with Gasteiger partial charge < -0.3 is 29.0 Å². The number of carbonyl (C=O) groups excluding carboxylic acids is 2. The number of hydrogen-bond acceptors (Lipinski definition) is 7. The maximum Gasteiger partial charge on any atom is 0.295 e. The number of ketones is 1. The van der Waals surface area contributed by atoms with E-state index < -0.39 is 17.7 Å². The van der Waals surface area contributed by atoms with Gasteiger partial charge in [-0.05, 0) is 48.4 Å². The zero-order valence-corrected chi connectivity index (χ0v) is 21.6. The van der Waals surface area contributed by atoms with Crippen LogP contribution in [0, 0.1) is 0 Å². The van der Waals surface area contributed by atoms with Gasteiger partial charge in [-0.15, -0.1) is 0 Å². The van der Waals surface area contributed by atoms with Gasteiger partial charge in [0.1, 0.15) is 25.6 Å². The molecule has 1 unspecified atom stereocenters. The number of ether oxygens (including phenoxy) is 4. The van der Waals surface area contributed by atoms with Crippen molar-refractivity contribution in [1.29, 1.82) is 0 Å². The summed E-state index contributed by atoms with van der Waals surface area (Å²) in [7, 11) is 0. The molecule has 8 nitrogen and oxygen atoms in total. The number of Topliss-reactive ketones (excluding diaryl/α,β-unsaturated/α-hetero) is 1. The summed E-state index contributed by atoms with van der Waals surface area (Å²) in [6, 6.07) is 18.7. The standard InChI is InChI=1S/C31H29NO7/c1-3-14-37-23-12-10-21(17-25(23)36-4-2)28-27(29(33)22-11-13-24-26(18-22)39-16-15-38-24)30(34)31(35)32(28)19-20-8-6-5-7-9-20/h3,5-13,17-18,28,33H,1,4,14-16,19H2,2H3/b29-27+. The topological polar surface area (TPSA) is 94.5 Å². The van der Waals surface area contributed by atoms with Crippen LogP contribution in [0.1, 0.15) is 29.7 Å². The molecule has 1 N–H and O–H groups in total. The predicted molar refractivity (Wildman–Crippen MR) is 145 cm³/mol. The highest BCUT2D eigenvalue weighted by Crippen LogP contribution is 2.43. The zero-order chi connectivity index (χ0) is 27.4. The number of likely N-dealkylation sites (tertiary alicyclic amines) is 1. The second-order valence-corrected chi connectivity index (χ2v) is 9.01. The number of hydrogen-bond donors (Lipinski definition) is 1. The molecule has 1 saturated heterocycles. The normalized spacial score (nSPS) is 17.7. The van der Waals surface area contributed by atoms with Gasteiger partial charge in [0.2, 0.25) is 0 Å². The van der Waals surface area contributed by atoms with Gasteiger partial charge >= 0.3 is 0 Å². The van der Waals surface area contributed by atoms with Gasteiger partial charge in [0.25, 0.3) is 11.7 Å². The van der Waals surface area contributed by atoms with Gasteiger partial charge in [-0.25, -0.2) is 0 Å². The molecule has 1 fully saturated rings. The Morgan fingerprint density at radius 3 is 2.51 bits per heavy atom. The molecule has 2 heterocycles. The molecular weight excluding hydrogens is 498 g/mol. The Morgan fingerprint density at radius 1 is 1.00 bits per heavy atom. The van der Waals surface area contributed by atoms with E-state index in [0.29, 0.717) is 53.9 Å². The van der Waals surface area contributed by atoms with E-state index in [4.69, 9.17) is 18.9 Å². The number of fused-ring (bicyclic) bond motifs is 1. The smallest absolute Gasteiger partial charge is 0.295 e. The summed E-state index contributed by atoms with van der Waals surface area (Å²) in [6.07, 6.45) is 1.63. The van der Waals surface area contributed by atoms with Crippen molar-refractivity contribution in [3.8, 4) is 23.0 Å². The predicted octanol–water partition coefficient (Wildman–Crippen LogP) is 5.04. The van der Waals surface area contributed by atoms with Crippen LogP contribution in [0.3, 0.4) is 0 Å². The van der Waals surface area contributed by atoms with Gasteiger partial charge in [-0.3, -0.25) is 9.59 Å². The van der Waals surface area contributed by atoms with Crippen LogP contribution in [-0.4, -0.2) is 48.1 Å². The molecule has 200 valence electrons. The summed E-state index contributed by atoms with van der Waals surface area (Å²) < 4.78 is 22.8. The maximum atomic E-state index is 13.5. The molecule has 0 radical (unpaired) electrons. The van der Waals surface area contributed by atoms with Crippen molar-refractivity contribution in [3.05, 3.63) is 102 Å². The van der Waals surface area contributed by atoms with Crippen LogP contribution in [0.4, 0.5) is 0 Å². The van der Waals surface area contributed by atoms with Gasteiger partial charge in [-0.1, -0.05) is 49.1 Å². The summed E-state index contributed by atoms with van der Waals surface area (Å²) in [5.74, 6) is 0.212. The first kappa shape index (κ1) is 25.9. The Balaban J connectivity index is 1.64. The SMILES string of the molecule is C=CCOc1ccc(C2/C(=C(\O)c3ccc4c(c3)OCCO4)C(=O)C(=O)N2Cc2ccccc2)cc1OCC. The van der Waals surface area contributed by atoms with Crippen molar-refractivity contribution >= 4 is 17.4 Å². The van der Waals surface area contributed by atoms with Crippen molar-refractivity contribution in [3.63, 3.8) is 0 Å². The van der Waals surface area contributed by atoms with E-state index in [9.17, 15) is 14.7 Å². The monoisotopic (exact) mass is 527 g/mol. The highest BCUT2D eigenvalue weighted by atomic mass is 16.6. The molecule has 0 saturated carbocycles. The van der Waals surface area contributed by atoms with Gasteiger partial charge in [-0.2, -0.15) is 0 Å². The lowest BCUT2D eigenvalue weighted by atomic mass is 9.94. The minimum atomic E-state index is -0.869. The highest BCUT2D eigenvalue weighted by Gasteiger charge is 2.46. The first-order valence-electron chi connectivity index (χ1n) is 12.7. The van der Waals surface area contributed by atoms with Crippen LogP contribution < -0.4 is 18.9 Å². The molecule has 1 amide bonds. The van der Waals surface area contributed by atoms with E-state index in [0.717, 1.165) is 5.56 Å². The van der Waals surface area contributed by atoms with Gasteiger partial charge in [0.05, 0.1) is 18.2 Å². The summed E-state index contributed by atoms with van der Waals surface area (Å²) in [4.78, 5) is 28.4. The first-order valence-corrected chi connectivity index (χ1v) is 12.7. The van der Waals surface area contributed by atoms with Crippen LogP contribution in [0.5, 0.6) is 23.0 Å². The fourth-order valence-electron chi connectivity index (χ4n) is 4.75. The van der Waals surface area contributed by atoms with Crippen molar-refractivity contribution in [2.75, 3.05) is 26.4 Å². The van der Waals surface area contributed by atoms with E-state index in [1.54, 1.807) is 42.5 Å². The Kier molecular flexibility index (Phi) is 7.54. The van der Waals surface area contributed by atoms with E-state index in [1.165, 1.54) is 4.90 Å². The molecule has 3 aromatic carbocycles. The molecule has 2 aliphatic rings. The Labute approximate surface area is 226 Å². The molecule has 8 heteroatoms. The summed E-state index contributed by atoms with van der Waals surface area (Å²) in [6.45, 7) is 7.19. The number of carbonyl (C=O) groups is 2. The summed E-state index contributed by atoms with van der Waals surface area (Å²) in [5.41, 5.74) is 1.77. The Bertz CT molecular complexity index is 1430. The first-order chi connectivity index (χ1) is 19.0. The lowest BCUT2D eigenvalue weighted by Crippen LogP contribution is -2.29. The van der Waals surface area contributed by atoms with Crippen molar-refractivity contribution in [2.45, 2.75) is 19.5 Å². The Hall–Kier alpha value is -4.72. The van der Waals surface area contributed by atoms with Gasteiger partial charge in [0.15, 0.2) is 23.0 Å². The number of nitrogens with zero attached hydrogens (tertiary/aromatic N) is 1. The van der Waals surface area contributed by atoms with E-state index >= 15 is 0 Å². The molecule has 2 aliphatic heterocycles. The van der Waals surface area contributed by atoms with Crippen LogP contribution >= 0.6 is 0 Å². The van der Waals surface area contributed by atoms with Crippen LogP contribution in [-0.2, 0) is 16.1 Å². The minimum Gasteiger partial charge on any atom is -0.507 e. The fraction of sp³-hybridized carbons (Fsp3) is 0.226. The van der Waals surface area contributed by atoms with E-state index in [-0.39, 0.29) is 24.5 Å². The lowest BCUT2D eigenvalue weighted by molar-refractivity contribution is -0.140. The molecule has 39 heavy (non-hydrogen) atoms. The largest absolute Gasteiger partial charge is 0.507 e. The number of rotatable bonds is 9. The molecular formula is C31H29NO7. The molecule has 3 aromatic rings. The maximum absolute atomic E-state index is 13.5. The number of aliphatic hydroxyl groups is 1. The molecule has 1 atom stereocenters. The summed E-state index contributed by atoms with van der Waals surface area (Å²) in [5, 5.41) is 11.5. The van der Waals surface area contributed by atoms with Crippen molar-refractivity contribution < 1.29 is 33.6 Å². The molecule has 0 bridgehead atoms. The lowest BCUT2D eigenvalue weighted by Gasteiger charge is -2.26. The minimum absolute atomic E-state index is 0.0187. The zero-order valence-electron chi connectivity index (χ0n) is 21.6. The van der Waals surface area contributed by atoms with Crippen LogP contribution in [0.2, 0.25) is 0 Å². The van der Waals surface area contributed by atoms with Crippen LogP contribution in [0.25, 0.3) is 5.76 Å². The van der Waals surface area contributed by atoms with Crippen LogP contribution in [0.15, 0.2) is 85.0 Å². The third-order valence-electron chi connectivity index (χ3n) is 6.49. The highest BCUT2D eigenvalue weighted by molar-refractivity contribution is 6.46. The number of amides is 1. The quantitative estimate of drug-likeness (QED) is 0.180. The average molecular weight is 528 g/mol. The fourth-order valence-corrected chi connectivity index (χ4v) is 4.75. The molecule has 0 aliphatic carbocycles. The van der Waals surface area contributed by atoms with Crippen molar-refractivity contribution in [2.24, 2.45) is 0 Å². The number of benzene rings is 3. The van der Waals surface area contributed by atoms with E-state index in [2.05, 4.69) is 6.58 Å². The average Bonchev–Trinajstić information content (AvgIpc) is 3.21. The summed E-state index contributed by atoms with van der Waals surface area (Å²) >= 11 is 0. The van der Waals surface area contributed by atoms with Crippen molar-refractivity contribution in [1.82, 2.24) is 4.90 Å². The second-order valence-electron chi connectivity index (χ2n) is 9.01. The van der Waals surface area contributed by atoms with E-state index in [1.807, 2.05) is 37.3 Å². The molecule has 0 aromatic heterocycles. The molecule has 5 rings (SSSR count). The third kappa shape index (κ3) is 5.18. The third-order valence-corrected chi connectivity index (χ3v) is 6.49.